The quantitative estimate of drug-likeness (QED) is 0.524. The van der Waals surface area contributed by atoms with Crippen LogP contribution in [-0.4, -0.2) is 33.5 Å². The summed E-state index contributed by atoms with van der Waals surface area (Å²) in [4.78, 5) is 0. The largest absolute Gasteiger partial charge is 0.377 e. The normalized spacial score (nSPS) is 9.75. The fourth-order valence-electron chi connectivity index (χ4n) is 0.331. The van der Waals surface area contributed by atoms with Crippen molar-refractivity contribution < 1.29 is 9.13 Å². The molecule has 0 rings (SSSR count). The van der Waals surface area contributed by atoms with Crippen LogP contribution in [0, 0.1) is 0 Å². The molecule has 0 spiro atoms. The summed E-state index contributed by atoms with van der Waals surface area (Å²) in [6.07, 6.45) is 0. The molecule has 0 bridgehead atoms. The number of hydrogen-bond donors (Lipinski definition) is 1. The summed E-state index contributed by atoms with van der Waals surface area (Å²) in [6.45, 7) is 1.23. The zero-order valence-corrected chi connectivity index (χ0v) is 5.11. The van der Waals surface area contributed by atoms with E-state index in [2.05, 4.69) is 5.32 Å². The minimum Gasteiger partial charge on any atom is -0.377 e. The molecule has 8 heavy (non-hydrogen) atoms. The van der Waals surface area contributed by atoms with Gasteiger partial charge in [-0.25, -0.2) is 4.39 Å². The molecular weight excluding hydrogens is 109 g/mol. The Morgan fingerprint density at radius 2 is 2.25 bits per heavy atom. The highest BCUT2D eigenvalue weighted by molar-refractivity contribution is 4.34. The third kappa shape index (κ3) is 5.85. The van der Waals surface area contributed by atoms with E-state index in [0.717, 1.165) is 6.54 Å². The number of nitrogens with one attached hydrogen (secondary N) is 1. The summed E-state index contributed by atoms with van der Waals surface area (Å²) >= 11 is 0. The standard InChI is InChI=1S/C5H12FNO/c1-7-3-5-8-4-2-6/h7H,2-5H2,1H3. The van der Waals surface area contributed by atoms with Gasteiger partial charge in [-0.1, -0.05) is 0 Å². The molecule has 0 atom stereocenters. The maximum atomic E-state index is 11.3. The summed E-state index contributed by atoms with van der Waals surface area (Å²) in [5.74, 6) is 0. The van der Waals surface area contributed by atoms with E-state index in [-0.39, 0.29) is 13.3 Å². The minimum absolute atomic E-state index is 0.224. The van der Waals surface area contributed by atoms with Crippen LogP contribution in [0.5, 0.6) is 0 Å². The lowest BCUT2D eigenvalue weighted by atomic mass is 10.7. The summed E-state index contributed by atoms with van der Waals surface area (Å²) in [7, 11) is 1.83. The molecule has 0 radical (unpaired) electrons. The van der Waals surface area contributed by atoms with E-state index < -0.39 is 0 Å². The minimum atomic E-state index is -0.385. The van der Waals surface area contributed by atoms with E-state index in [1.807, 2.05) is 7.05 Å². The maximum absolute atomic E-state index is 11.3. The second-order valence-corrected chi connectivity index (χ2v) is 1.40. The van der Waals surface area contributed by atoms with Crippen LogP contribution in [0.3, 0.4) is 0 Å². The lowest BCUT2D eigenvalue weighted by molar-refractivity contribution is 0.122. The van der Waals surface area contributed by atoms with Crippen LogP contribution in [0.2, 0.25) is 0 Å². The highest BCUT2D eigenvalue weighted by Gasteiger charge is 1.82. The second kappa shape index (κ2) is 6.85. The van der Waals surface area contributed by atoms with E-state index in [0.29, 0.717) is 6.61 Å². The summed E-state index contributed by atoms with van der Waals surface area (Å²) in [5.41, 5.74) is 0. The van der Waals surface area contributed by atoms with E-state index in [9.17, 15) is 4.39 Å². The van der Waals surface area contributed by atoms with Gasteiger partial charge in [0.25, 0.3) is 0 Å². The van der Waals surface area contributed by atoms with Crippen LogP contribution in [0.15, 0.2) is 0 Å². The zero-order chi connectivity index (χ0) is 6.24. The Balaban J connectivity index is 2.53. The Kier molecular flexibility index (Phi) is 6.72. The predicted molar refractivity (Wildman–Crippen MR) is 30.7 cm³/mol. The number of halogens is 1. The van der Waals surface area contributed by atoms with Crippen molar-refractivity contribution in [1.82, 2.24) is 5.32 Å². The fourth-order valence-corrected chi connectivity index (χ4v) is 0.331. The molecule has 0 aliphatic carbocycles. The van der Waals surface area contributed by atoms with Gasteiger partial charge >= 0.3 is 0 Å². The Hall–Kier alpha value is -0.150. The molecule has 0 amide bonds. The van der Waals surface area contributed by atoms with Crippen LogP contribution in [-0.2, 0) is 4.74 Å². The lowest BCUT2D eigenvalue weighted by Crippen LogP contribution is -2.14. The summed E-state index contributed by atoms with van der Waals surface area (Å²) < 4.78 is 16.1. The van der Waals surface area contributed by atoms with Crippen molar-refractivity contribution in [1.29, 1.82) is 0 Å². The molecule has 0 aromatic carbocycles. The lowest BCUT2D eigenvalue weighted by Gasteiger charge is -1.97. The molecule has 0 fully saturated rings. The molecular formula is C5H12FNO. The van der Waals surface area contributed by atoms with Crippen molar-refractivity contribution in [2.45, 2.75) is 0 Å². The van der Waals surface area contributed by atoms with Gasteiger partial charge in [0.15, 0.2) is 0 Å². The highest BCUT2D eigenvalue weighted by atomic mass is 19.1. The number of likely N-dealkylation sites (N-methyl/N-ethyl adjacent to an activating group) is 1. The fraction of sp³-hybridized carbons (Fsp3) is 1.00. The average Bonchev–Trinajstić information content (AvgIpc) is 1.81. The number of alkyl halides is 1. The molecule has 50 valence electrons. The Bertz CT molecular complexity index is 37.4. The number of hydrogen-bond acceptors (Lipinski definition) is 2. The summed E-state index contributed by atoms with van der Waals surface area (Å²) in [6, 6.07) is 0. The van der Waals surface area contributed by atoms with E-state index in [4.69, 9.17) is 4.74 Å². The van der Waals surface area contributed by atoms with E-state index in [1.54, 1.807) is 0 Å². The van der Waals surface area contributed by atoms with Crippen molar-refractivity contribution in [3.05, 3.63) is 0 Å². The van der Waals surface area contributed by atoms with Gasteiger partial charge in [-0.2, -0.15) is 0 Å². The predicted octanol–water partition coefficient (Wildman–Crippen LogP) is 0.192. The first kappa shape index (κ1) is 7.85. The van der Waals surface area contributed by atoms with Crippen LogP contribution < -0.4 is 5.32 Å². The SMILES string of the molecule is CNCCOCCF. The molecule has 0 saturated carbocycles. The van der Waals surface area contributed by atoms with Crippen molar-refractivity contribution in [2.24, 2.45) is 0 Å². The molecule has 0 aromatic heterocycles. The van der Waals surface area contributed by atoms with Gasteiger partial charge in [0.1, 0.15) is 6.67 Å². The zero-order valence-electron chi connectivity index (χ0n) is 5.11. The first-order chi connectivity index (χ1) is 3.91. The third-order valence-electron chi connectivity index (χ3n) is 0.718. The number of rotatable bonds is 5. The van der Waals surface area contributed by atoms with Gasteiger partial charge in [-0.05, 0) is 7.05 Å². The molecule has 2 nitrogen and oxygen atoms in total. The van der Waals surface area contributed by atoms with Gasteiger partial charge in [-0.15, -0.1) is 0 Å². The molecule has 0 saturated heterocycles. The Morgan fingerprint density at radius 1 is 1.50 bits per heavy atom. The molecule has 0 aromatic rings. The molecule has 0 aliphatic heterocycles. The van der Waals surface area contributed by atoms with Crippen LogP contribution >= 0.6 is 0 Å². The topological polar surface area (TPSA) is 21.3 Å². The Morgan fingerprint density at radius 3 is 2.75 bits per heavy atom. The third-order valence-corrected chi connectivity index (χ3v) is 0.718. The molecule has 0 heterocycles. The smallest absolute Gasteiger partial charge is 0.113 e. The van der Waals surface area contributed by atoms with Crippen LogP contribution in [0.25, 0.3) is 0 Å². The summed E-state index contributed by atoms with van der Waals surface area (Å²) in [5, 5.41) is 2.88. The van der Waals surface area contributed by atoms with Crippen molar-refractivity contribution in [3.63, 3.8) is 0 Å². The molecule has 3 heteroatoms. The van der Waals surface area contributed by atoms with Gasteiger partial charge in [0, 0.05) is 6.54 Å². The molecule has 0 aliphatic rings. The van der Waals surface area contributed by atoms with Gasteiger partial charge in [0.2, 0.25) is 0 Å². The van der Waals surface area contributed by atoms with E-state index >= 15 is 0 Å². The monoisotopic (exact) mass is 121 g/mol. The van der Waals surface area contributed by atoms with Crippen LogP contribution in [0.4, 0.5) is 4.39 Å². The number of ether oxygens (including phenoxy) is 1. The van der Waals surface area contributed by atoms with Crippen molar-refractivity contribution in [3.8, 4) is 0 Å². The van der Waals surface area contributed by atoms with E-state index in [1.165, 1.54) is 0 Å². The van der Waals surface area contributed by atoms with Crippen LogP contribution in [0.1, 0.15) is 0 Å². The first-order valence-electron chi connectivity index (χ1n) is 2.70. The molecule has 0 unspecified atom stereocenters. The van der Waals surface area contributed by atoms with Crippen molar-refractivity contribution >= 4 is 0 Å². The maximum Gasteiger partial charge on any atom is 0.113 e. The van der Waals surface area contributed by atoms with Gasteiger partial charge in [-0.3, -0.25) is 0 Å². The second-order valence-electron chi connectivity index (χ2n) is 1.40. The van der Waals surface area contributed by atoms with Gasteiger partial charge < -0.3 is 10.1 Å². The van der Waals surface area contributed by atoms with Gasteiger partial charge in [0.05, 0.1) is 13.2 Å². The average molecular weight is 121 g/mol. The first-order valence-corrected chi connectivity index (χ1v) is 2.70. The Labute approximate surface area is 49.0 Å². The van der Waals surface area contributed by atoms with Crippen molar-refractivity contribution in [2.75, 3.05) is 33.5 Å². The highest BCUT2D eigenvalue weighted by Crippen LogP contribution is 1.72. The molecule has 1 N–H and O–H groups in total.